The van der Waals surface area contributed by atoms with Gasteiger partial charge in [-0.1, -0.05) is 15.9 Å². The predicted molar refractivity (Wildman–Crippen MR) is 100 cm³/mol. The zero-order valence-corrected chi connectivity index (χ0v) is 15.8. The Kier molecular flexibility index (Phi) is 6.91. The van der Waals surface area contributed by atoms with E-state index in [1.165, 1.54) is 25.3 Å². The highest BCUT2D eigenvalue weighted by molar-refractivity contribution is 9.10. The highest BCUT2D eigenvalue weighted by atomic mass is 79.9. The van der Waals surface area contributed by atoms with Crippen LogP contribution in [0.3, 0.4) is 0 Å². The molecule has 0 aliphatic heterocycles. The summed E-state index contributed by atoms with van der Waals surface area (Å²) in [6, 6.07) is 9.46. The average molecular weight is 422 g/mol. The first-order chi connectivity index (χ1) is 12.4. The summed E-state index contributed by atoms with van der Waals surface area (Å²) in [5.74, 6) is -0.807. The maximum atomic E-state index is 13.7. The topological polar surface area (TPSA) is 64.6 Å². The Bertz CT molecular complexity index is 851. The van der Waals surface area contributed by atoms with Crippen molar-refractivity contribution in [3.8, 4) is 5.75 Å². The summed E-state index contributed by atoms with van der Waals surface area (Å²) >= 11 is 3.26. The molecule has 1 N–H and O–H groups in total. The van der Waals surface area contributed by atoms with Crippen molar-refractivity contribution in [2.45, 2.75) is 6.92 Å². The van der Waals surface area contributed by atoms with Crippen LogP contribution in [0, 0.1) is 12.7 Å². The van der Waals surface area contributed by atoms with Crippen LogP contribution in [-0.4, -0.2) is 25.6 Å². The molecule has 0 saturated carbocycles. The SMILES string of the molecule is COC(=O)COc1ccc(NC(=O)C=Cc2cc(Br)ccc2F)c(C)c1. The Morgan fingerprint density at radius 1 is 1.23 bits per heavy atom. The molecule has 2 aromatic rings. The van der Waals surface area contributed by atoms with Gasteiger partial charge in [-0.15, -0.1) is 0 Å². The third kappa shape index (κ3) is 5.70. The van der Waals surface area contributed by atoms with Gasteiger partial charge in [0.15, 0.2) is 6.61 Å². The van der Waals surface area contributed by atoms with E-state index >= 15 is 0 Å². The van der Waals surface area contributed by atoms with Gasteiger partial charge in [0.1, 0.15) is 11.6 Å². The van der Waals surface area contributed by atoms with Gasteiger partial charge in [-0.2, -0.15) is 0 Å². The number of esters is 1. The van der Waals surface area contributed by atoms with Crippen molar-refractivity contribution in [1.82, 2.24) is 0 Å². The second-order valence-electron chi connectivity index (χ2n) is 5.33. The summed E-state index contributed by atoms with van der Waals surface area (Å²) < 4.78 is 24.2. The minimum absolute atomic E-state index is 0.192. The lowest BCUT2D eigenvalue weighted by molar-refractivity contribution is -0.142. The van der Waals surface area contributed by atoms with Crippen LogP contribution in [0.15, 0.2) is 46.9 Å². The van der Waals surface area contributed by atoms with Crippen molar-refractivity contribution in [1.29, 1.82) is 0 Å². The van der Waals surface area contributed by atoms with Crippen LogP contribution >= 0.6 is 15.9 Å². The average Bonchev–Trinajstić information content (AvgIpc) is 2.62. The molecule has 0 atom stereocenters. The molecule has 26 heavy (non-hydrogen) atoms. The lowest BCUT2D eigenvalue weighted by Gasteiger charge is -2.10. The smallest absolute Gasteiger partial charge is 0.343 e. The van der Waals surface area contributed by atoms with Crippen LogP contribution < -0.4 is 10.1 Å². The second-order valence-corrected chi connectivity index (χ2v) is 6.25. The summed E-state index contributed by atoms with van der Waals surface area (Å²) in [5, 5.41) is 2.71. The van der Waals surface area contributed by atoms with Gasteiger partial charge in [0.2, 0.25) is 5.91 Å². The maximum absolute atomic E-state index is 13.7. The fraction of sp³-hybridized carbons (Fsp3) is 0.158. The molecule has 1 amide bonds. The van der Waals surface area contributed by atoms with E-state index in [1.54, 1.807) is 37.3 Å². The number of carbonyl (C=O) groups excluding carboxylic acids is 2. The summed E-state index contributed by atoms with van der Waals surface area (Å²) in [7, 11) is 1.28. The first-order valence-electron chi connectivity index (χ1n) is 7.63. The predicted octanol–water partition coefficient (Wildman–Crippen LogP) is 4.10. The minimum atomic E-state index is -0.482. The standard InChI is InChI=1S/C19H17BrFNO4/c1-12-9-15(26-11-19(24)25-2)5-7-17(12)22-18(23)8-3-13-10-14(20)4-6-16(13)21/h3-10H,11H2,1-2H3,(H,22,23). The molecule has 0 radical (unpaired) electrons. The molecular formula is C19H17BrFNO4. The number of benzene rings is 2. The molecule has 0 bridgehead atoms. The number of aryl methyl sites for hydroxylation is 1. The van der Waals surface area contributed by atoms with E-state index < -0.39 is 17.7 Å². The number of amides is 1. The van der Waals surface area contributed by atoms with Crippen molar-refractivity contribution in [3.05, 3.63) is 63.9 Å². The summed E-state index contributed by atoms with van der Waals surface area (Å²) in [6.45, 7) is 1.60. The van der Waals surface area contributed by atoms with E-state index in [9.17, 15) is 14.0 Å². The normalized spacial score (nSPS) is 10.6. The number of ether oxygens (including phenoxy) is 2. The molecule has 0 spiro atoms. The first-order valence-corrected chi connectivity index (χ1v) is 8.42. The van der Waals surface area contributed by atoms with Crippen molar-refractivity contribution >= 4 is 39.6 Å². The van der Waals surface area contributed by atoms with Crippen LogP contribution in [0.4, 0.5) is 10.1 Å². The van der Waals surface area contributed by atoms with Gasteiger partial charge in [-0.25, -0.2) is 9.18 Å². The van der Waals surface area contributed by atoms with E-state index in [2.05, 4.69) is 26.0 Å². The summed E-state index contributed by atoms with van der Waals surface area (Å²) in [4.78, 5) is 23.1. The van der Waals surface area contributed by atoms with E-state index in [0.29, 0.717) is 17.0 Å². The molecule has 2 rings (SSSR count). The molecule has 0 aromatic heterocycles. The van der Waals surface area contributed by atoms with E-state index in [4.69, 9.17) is 4.74 Å². The number of hydrogen-bond donors (Lipinski definition) is 1. The Labute approximate surface area is 158 Å². The number of rotatable bonds is 6. The molecule has 7 heteroatoms. The zero-order chi connectivity index (χ0) is 19.1. The lowest BCUT2D eigenvalue weighted by Crippen LogP contribution is -2.13. The molecule has 0 saturated heterocycles. The van der Waals surface area contributed by atoms with Gasteiger partial charge < -0.3 is 14.8 Å². The third-order valence-electron chi connectivity index (χ3n) is 3.41. The molecule has 0 fully saturated rings. The summed E-state index contributed by atoms with van der Waals surface area (Å²) in [5.41, 5.74) is 1.64. The Balaban J connectivity index is 2.01. The van der Waals surface area contributed by atoms with Crippen LogP contribution in [-0.2, 0) is 14.3 Å². The second kappa shape index (κ2) is 9.15. The van der Waals surface area contributed by atoms with E-state index in [1.807, 2.05) is 0 Å². The van der Waals surface area contributed by atoms with Gasteiger partial charge in [0.25, 0.3) is 0 Å². The van der Waals surface area contributed by atoms with Crippen LogP contribution in [0.2, 0.25) is 0 Å². The third-order valence-corrected chi connectivity index (χ3v) is 3.91. The number of hydrogen-bond acceptors (Lipinski definition) is 4. The zero-order valence-electron chi connectivity index (χ0n) is 14.2. The molecule has 0 unspecified atom stereocenters. The molecule has 2 aromatic carbocycles. The summed E-state index contributed by atoms with van der Waals surface area (Å²) in [6.07, 6.45) is 2.66. The molecular weight excluding hydrogens is 405 g/mol. The fourth-order valence-corrected chi connectivity index (χ4v) is 2.43. The maximum Gasteiger partial charge on any atom is 0.343 e. The number of halogens is 2. The van der Waals surface area contributed by atoms with Gasteiger partial charge in [-0.3, -0.25) is 4.79 Å². The lowest BCUT2D eigenvalue weighted by atomic mass is 10.1. The van der Waals surface area contributed by atoms with Crippen molar-refractivity contribution in [3.63, 3.8) is 0 Å². The van der Waals surface area contributed by atoms with Gasteiger partial charge in [-0.05, 0) is 55.0 Å². The molecule has 0 heterocycles. The fourth-order valence-electron chi connectivity index (χ4n) is 2.05. The van der Waals surface area contributed by atoms with Gasteiger partial charge >= 0.3 is 5.97 Å². The molecule has 0 aliphatic carbocycles. The Morgan fingerprint density at radius 3 is 2.69 bits per heavy atom. The van der Waals surface area contributed by atoms with E-state index in [-0.39, 0.29) is 6.61 Å². The van der Waals surface area contributed by atoms with E-state index in [0.717, 1.165) is 10.0 Å². The Hall–Kier alpha value is -2.67. The monoisotopic (exact) mass is 421 g/mol. The first kappa shape index (κ1) is 19.7. The quantitative estimate of drug-likeness (QED) is 0.563. The number of anilines is 1. The number of methoxy groups -OCH3 is 1. The van der Waals surface area contributed by atoms with Crippen molar-refractivity contribution in [2.24, 2.45) is 0 Å². The van der Waals surface area contributed by atoms with Crippen molar-refractivity contribution < 1.29 is 23.5 Å². The molecule has 136 valence electrons. The van der Waals surface area contributed by atoms with Crippen LogP contribution in [0.25, 0.3) is 6.08 Å². The Morgan fingerprint density at radius 2 is 2.00 bits per heavy atom. The minimum Gasteiger partial charge on any atom is -0.482 e. The van der Waals surface area contributed by atoms with Gasteiger partial charge in [0, 0.05) is 21.8 Å². The largest absolute Gasteiger partial charge is 0.482 e. The van der Waals surface area contributed by atoms with Crippen LogP contribution in [0.1, 0.15) is 11.1 Å². The molecule has 0 aliphatic rings. The number of nitrogens with one attached hydrogen (secondary N) is 1. The van der Waals surface area contributed by atoms with Crippen LogP contribution in [0.5, 0.6) is 5.75 Å². The number of carbonyl (C=O) groups is 2. The molecule has 5 nitrogen and oxygen atoms in total. The van der Waals surface area contributed by atoms with Gasteiger partial charge in [0.05, 0.1) is 7.11 Å². The van der Waals surface area contributed by atoms with Crippen molar-refractivity contribution in [2.75, 3.05) is 19.0 Å². The highest BCUT2D eigenvalue weighted by Gasteiger charge is 2.06. The highest BCUT2D eigenvalue weighted by Crippen LogP contribution is 2.22.